The van der Waals surface area contributed by atoms with E-state index >= 15 is 0 Å². The van der Waals surface area contributed by atoms with Crippen molar-refractivity contribution in [2.24, 2.45) is 0 Å². The molecule has 0 bridgehead atoms. The number of aromatic nitrogens is 4. The number of hydrogen-bond acceptors (Lipinski definition) is 4. The first kappa shape index (κ1) is 14.1. The third-order valence-electron chi connectivity index (χ3n) is 3.49. The van der Waals surface area contributed by atoms with Crippen LogP contribution in [0.15, 0.2) is 32.0 Å². The standard InChI is InChI=1S/C14H7BrF2N4O2/c1-5-10-12(23-20-5)9(17)11-13(18-10)19-14(22)21(11)8-3-2-6(15)4-7(8)16/h2-4H,1H3,(H,18,19,22). The average molecular weight is 381 g/mol. The van der Waals surface area contributed by atoms with Crippen LogP contribution in [-0.4, -0.2) is 19.7 Å². The number of hydrogen-bond donors (Lipinski definition) is 1. The van der Waals surface area contributed by atoms with Gasteiger partial charge in [-0.25, -0.2) is 18.6 Å². The Labute approximate surface area is 134 Å². The van der Waals surface area contributed by atoms with Crippen molar-refractivity contribution >= 4 is 38.2 Å². The number of halogens is 3. The molecule has 3 heterocycles. The molecule has 0 saturated carbocycles. The molecule has 4 aromatic rings. The third-order valence-corrected chi connectivity index (χ3v) is 3.98. The molecule has 0 spiro atoms. The zero-order chi connectivity index (χ0) is 16.3. The molecule has 3 aromatic heterocycles. The van der Waals surface area contributed by atoms with Crippen LogP contribution in [0.4, 0.5) is 8.78 Å². The summed E-state index contributed by atoms with van der Waals surface area (Å²) in [6.07, 6.45) is 0. The van der Waals surface area contributed by atoms with Crippen molar-refractivity contribution in [1.82, 2.24) is 19.7 Å². The minimum absolute atomic E-state index is 0.00591. The lowest BCUT2D eigenvalue weighted by Crippen LogP contribution is -2.16. The molecule has 0 saturated heterocycles. The van der Waals surface area contributed by atoms with E-state index in [1.165, 1.54) is 12.1 Å². The summed E-state index contributed by atoms with van der Waals surface area (Å²) in [4.78, 5) is 18.8. The minimum Gasteiger partial charge on any atom is -0.351 e. The lowest BCUT2D eigenvalue weighted by Gasteiger charge is -2.05. The summed E-state index contributed by atoms with van der Waals surface area (Å²) < 4.78 is 35.3. The summed E-state index contributed by atoms with van der Waals surface area (Å²) in [5, 5.41) is 3.65. The van der Waals surface area contributed by atoms with Crippen LogP contribution < -0.4 is 5.69 Å². The molecular formula is C14H7BrF2N4O2. The first-order chi connectivity index (χ1) is 11.0. The number of aromatic amines is 1. The van der Waals surface area contributed by atoms with E-state index in [1.807, 2.05) is 0 Å². The second-order valence-electron chi connectivity index (χ2n) is 4.93. The normalized spacial score (nSPS) is 11.7. The lowest BCUT2D eigenvalue weighted by atomic mass is 10.2. The van der Waals surface area contributed by atoms with Crippen molar-refractivity contribution in [3.63, 3.8) is 0 Å². The molecule has 0 unspecified atom stereocenters. The maximum Gasteiger partial charge on any atom is 0.332 e. The fraction of sp³-hybridized carbons (Fsp3) is 0.0714. The molecule has 0 aliphatic heterocycles. The Kier molecular flexibility index (Phi) is 2.89. The minimum atomic E-state index is -0.828. The molecule has 0 amide bonds. The summed E-state index contributed by atoms with van der Waals surface area (Å²) in [5.41, 5.74) is -0.579. The van der Waals surface area contributed by atoms with E-state index in [9.17, 15) is 13.6 Å². The smallest absolute Gasteiger partial charge is 0.332 e. The molecule has 0 radical (unpaired) electrons. The largest absolute Gasteiger partial charge is 0.351 e. The number of imidazole rings is 1. The van der Waals surface area contributed by atoms with Gasteiger partial charge >= 0.3 is 5.69 Å². The molecule has 23 heavy (non-hydrogen) atoms. The van der Waals surface area contributed by atoms with E-state index < -0.39 is 17.3 Å². The van der Waals surface area contributed by atoms with E-state index in [2.05, 4.69) is 31.1 Å². The maximum atomic E-state index is 14.8. The van der Waals surface area contributed by atoms with Crippen LogP contribution in [-0.2, 0) is 0 Å². The Bertz CT molecular complexity index is 1150. The second kappa shape index (κ2) is 4.72. The van der Waals surface area contributed by atoms with Crippen molar-refractivity contribution in [1.29, 1.82) is 0 Å². The molecular weight excluding hydrogens is 374 g/mol. The van der Waals surface area contributed by atoms with E-state index in [0.29, 0.717) is 10.2 Å². The van der Waals surface area contributed by atoms with Crippen molar-refractivity contribution < 1.29 is 13.3 Å². The topological polar surface area (TPSA) is 76.7 Å². The third kappa shape index (κ3) is 1.93. The Morgan fingerprint density at radius 3 is 2.87 bits per heavy atom. The molecule has 116 valence electrons. The number of aryl methyl sites for hydroxylation is 1. The molecule has 0 aliphatic rings. The highest BCUT2D eigenvalue weighted by Gasteiger charge is 2.22. The van der Waals surface area contributed by atoms with Gasteiger partial charge in [0.15, 0.2) is 11.5 Å². The van der Waals surface area contributed by atoms with Crippen molar-refractivity contribution in [2.45, 2.75) is 6.92 Å². The van der Waals surface area contributed by atoms with Crippen LogP contribution in [0, 0.1) is 18.6 Å². The molecule has 6 nitrogen and oxygen atoms in total. The van der Waals surface area contributed by atoms with E-state index in [4.69, 9.17) is 4.52 Å². The van der Waals surface area contributed by atoms with Crippen LogP contribution in [0.3, 0.4) is 0 Å². The Balaban J connectivity index is 2.17. The number of nitrogens with zero attached hydrogens (tertiary/aromatic N) is 3. The van der Waals surface area contributed by atoms with E-state index in [1.54, 1.807) is 13.0 Å². The second-order valence-corrected chi connectivity index (χ2v) is 5.85. The van der Waals surface area contributed by atoms with Gasteiger partial charge in [-0.3, -0.25) is 9.55 Å². The van der Waals surface area contributed by atoms with E-state index in [0.717, 1.165) is 4.57 Å². The Morgan fingerprint density at radius 2 is 2.13 bits per heavy atom. The maximum absolute atomic E-state index is 14.8. The first-order valence-corrected chi connectivity index (χ1v) is 7.28. The summed E-state index contributed by atoms with van der Waals surface area (Å²) in [6, 6.07) is 4.10. The number of rotatable bonds is 1. The molecule has 1 N–H and O–H groups in total. The van der Waals surface area contributed by atoms with Gasteiger partial charge in [0.2, 0.25) is 5.58 Å². The average Bonchev–Trinajstić information content (AvgIpc) is 3.01. The molecule has 0 atom stereocenters. The molecule has 9 heteroatoms. The predicted molar refractivity (Wildman–Crippen MR) is 81.6 cm³/mol. The highest BCUT2D eigenvalue weighted by molar-refractivity contribution is 9.10. The summed E-state index contributed by atoms with van der Waals surface area (Å²) in [7, 11) is 0. The van der Waals surface area contributed by atoms with Gasteiger partial charge in [0.1, 0.15) is 22.5 Å². The predicted octanol–water partition coefficient (Wildman–Crippen LogP) is 3.20. The molecule has 0 fully saturated rings. The highest BCUT2D eigenvalue weighted by Crippen LogP contribution is 2.27. The van der Waals surface area contributed by atoms with E-state index in [-0.39, 0.29) is 28.0 Å². The molecule has 1 aromatic carbocycles. The lowest BCUT2D eigenvalue weighted by molar-refractivity contribution is 0.436. The highest BCUT2D eigenvalue weighted by atomic mass is 79.9. The Morgan fingerprint density at radius 1 is 1.35 bits per heavy atom. The van der Waals surface area contributed by atoms with Gasteiger partial charge in [0, 0.05) is 4.47 Å². The summed E-state index contributed by atoms with van der Waals surface area (Å²) >= 11 is 3.13. The summed E-state index contributed by atoms with van der Waals surface area (Å²) in [5.74, 6) is -1.51. The zero-order valence-electron chi connectivity index (χ0n) is 11.5. The van der Waals surface area contributed by atoms with Gasteiger partial charge in [-0.15, -0.1) is 0 Å². The zero-order valence-corrected chi connectivity index (χ0v) is 13.1. The molecule has 4 rings (SSSR count). The van der Waals surface area contributed by atoms with Gasteiger partial charge in [0.25, 0.3) is 0 Å². The van der Waals surface area contributed by atoms with Crippen molar-refractivity contribution in [2.75, 3.05) is 0 Å². The van der Waals surface area contributed by atoms with Crippen LogP contribution in [0.5, 0.6) is 0 Å². The van der Waals surface area contributed by atoms with Crippen LogP contribution in [0.1, 0.15) is 5.69 Å². The monoisotopic (exact) mass is 380 g/mol. The Hall–Kier alpha value is -2.55. The fourth-order valence-electron chi connectivity index (χ4n) is 2.46. The summed E-state index contributed by atoms with van der Waals surface area (Å²) in [6.45, 7) is 1.60. The number of pyridine rings is 1. The fourth-order valence-corrected chi connectivity index (χ4v) is 2.79. The van der Waals surface area contributed by atoms with Gasteiger partial charge in [0.05, 0.1) is 5.69 Å². The van der Waals surface area contributed by atoms with Crippen LogP contribution in [0.2, 0.25) is 0 Å². The SMILES string of the molecule is Cc1noc2c(F)c3c(nc12)[nH]c(=O)n3-c1ccc(Br)cc1F. The van der Waals surface area contributed by atoms with Gasteiger partial charge in [-0.2, -0.15) is 0 Å². The van der Waals surface area contributed by atoms with Crippen molar-refractivity contribution in [3.8, 4) is 5.69 Å². The molecule has 0 aliphatic carbocycles. The van der Waals surface area contributed by atoms with Crippen LogP contribution >= 0.6 is 15.9 Å². The van der Waals surface area contributed by atoms with Gasteiger partial charge < -0.3 is 4.52 Å². The van der Waals surface area contributed by atoms with Crippen LogP contribution in [0.25, 0.3) is 28.0 Å². The van der Waals surface area contributed by atoms with Crippen molar-refractivity contribution in [3.05, 3.63) is 50.5 Å². The first-order valence-electron chi connectivity index (χ1n) is 6.49. The number of fused-ring (bicyclic) bond motifs is 2. The number of H-pyrrole nitrogens is 1. The quantitative estimate of drug-likeness (QED) is 0.550. The number of benzene rings is 1. The van der Waals surface area contributed by atoms with Gasteiger partial charge in [-0.05, 0) is 25.1 Å². The van der Waals surface area contributed by atoms with Gasteiger partial charge in [-0.1, -0.05) is 21.1 Å². The number of nitrogens with one attached hydrogen (secondary N) is 1.